The van der Waals surface area contributed by atoms with Gasteiger partial charge in [0.05, 0.1) is 17.9 Å². The lowest BCUT2D eigenvalue weighted by Gasteiger charge is -2.09. The van der Waals surface area contributed by atoms with Gasteiger partial charge in [-0.2, -0.15) is 0 Å². The molecular weight excluding hydrogens is 491 g/mol. The third-order valence-electron chi connectivity index (χ3n) is 4.63. The molecule has 3 aromatic heterocycles. The lowest BCUT2D eigenvalue weighted by molar-refractivity contribution is 0.572. The van der Waals surface area contributed by atoms with Crippen LogP contribution in [-0.2, 0) is 13.0 Å². The second kappa shape index (κ2) is 10.2. The first-order valence-electron chi connectivity index (χ1n) is 9.60. The smallest absolute Gasteiger partial charge is 0.226 e. The zero-order chi connectivity index (χ0) is 20.1. The Morgan fingerprint density at radius 1 is 1.07 bits per heavy atom. The average molecular weight is 516 g/mol. The molecule has 0 saturated carbocycles. The Morgan fingerprint density at radius 3 is 2.67 bits per heavy atom. The van der Waals surface area contributed by atoms with E-state index in [4.69, 9.17) is 9.40 Å². The van der Waals surface area contributed by atoms with Crippen LogP contribution in [0.2, 0.25) is 0 Å². The van der Waals surface area contributed by atoms with Gasteiger partial charge in [-0.1, -0.05) is 24.3 Å². The zero-order valence-corrected chi connectivity index (χ0v) is 19.3. The molecule has 0 aliphatic carbocycles. The molecule has 0 saturated heterocycles. The van der Waals surface area contributed by atoms with Crippen LogP contribution in [0.1, 0.15) is 17.0 Å². The van der Waals surface area contributed by atoms with Crippen molar-refractivity contribution in [2.45, 2.75) is 19.9 Å². The molecule has 4 aromatic rings. The first kappa shape index (κ1) is 21.8. The fourth-order valence-electron chi connectivity index (χ4n) is 3.13. The van der Waals surface area contributed by atoms with Crippen molar-refractivity contribution in [3.63, 3.8) is 0 Å². The number of hydrogen-bond acceptors (Lipinski definition) is 4. The molecule has 0 bridgehead atoms. The van der Waals surface area contributed by atoms with E-state index in [-0.39, 0.29) is 24.0 Å². The SMILES string of the molecule is CN=C(NCCc1cn2cccc(C)c2n1)NCc1coc(-c2ccccc2)n1.I. The molecule has 0 unspecified atom stereocenters. The molecule has 8 heteroatoms. The van der Waals surface area contributed by atoms with Gasteiger partial charge in [0.2, 0.25) is 5.89 Å². The number of nitrogens with one attached hydrogen (secondary N) is 2. The summed E-state index contributed by atoms with van der Waals surface area (Å²) < 4.78 is 7.63. The third kappa shape index (κ3) is 5.18. The summed E-state index contributed by atoms with van der Waals surface area (Å²) in [7, 11) is 1.75. The maximum absolute atomic E-state index is 5.57. The summed E-state index contributed by atoms with van der Waals surface area (Å²) in [6.45, 7) is 3.34. The molecule has 0 amide bonds. The number of aromatic nitrogens is 3. The maximum atomic E-state index is 5.57. The van der Waals surface area contributed by atoms with Crippen LogP contribution in [0.15, 0.2) is 70.5 Å². The van der Waals surface area contributed by atoms with Gasteiger partial charge in [-0.15, -0.1) is 24.0 Å². The van der Waals surface area contributed by atoms with Crippen molar-refractivity contribution in [1.29, 1.82) is 0 Å². The number of aryl methyl sites for hydroxylation is 1. The topological polar surface area (TPSA) is 79.8 Å². The molecule has 156 valence electrons. The van der Waals surface area contributed by atoms with Crippen LogP contribution in [-0.4, -0.2) is 33.9 Å². The molecule has 7 nitrogen and oxygen atoms in total. The predicted octanol–water partition coefficient (Wildman–Crippen LogP) is 3.82. The van der Waals surface area contributed by atoms with E-state index in [0.717, 1.165) is 35.6 Å². The highest BCUT2D eigenvalue weighted by molar-refractivity contribution is 14.0. The number of fused-ring (bicyclic) bond motifs is 1. The fourth-order valence-corrected chi connectivity index (χ4v) is 3.13. The van der Waals surface area contributed by atoms with Crippen LogP contribution < -0.4 is 10.6 Å². The van der Waals surface area contributed by atoms with Crippen molar-refractivity contribution >= 4 is 35.6 Å². The zero-order valence-electron chi connectivity index (χ0n) is 17.0. The van der Waals surface area contributed by atoms with Gasteiger partial charge in [0, 0.05) is 38.0 Å². The number of hydrogen-bond donors (Lipinski definition) is 2. The molecule has 0 spiro atoms. The number of aliphatic imine (C=N–C) groups is 1. The normalized spacial score (nSPS) is 11.3. The van der Waals surface area contributed by atoms with Crippen molar-refractivity contribution in [3.8, 4) is 11.5 Å². The molecule has 0 aliphatic heterocycles. The summed E-state index contributed by atoms with van der Waals surface area (Å²) in [6.07, 6.45) is 6.57. The Balaban J connectivity index is 0.00000256. The van der Waals surface area contributed by atoms with Crippen LogP contribution in [0.5, 0.6) is 0 Å². The molecule has 4 rings (SSSR count). The van der Waals surface area contributed by atoms with Gasteiger partial charge in [0.1, 0.15) is 11.9 Å². The number of oxazole rings is 1. The highest BCUT2D eigenvalue weighted by atomic mass is 127. The molecule has 30 heavy (non-hydrogen) atoms. The Hall–Kier alpha value is -2.88. The van der Waals surface area contributed by atoms with Gasteiger partial charge in [0.25, 0.3) is 0 Å². The number of guanidine groups is 1. The van der Waals surface area contributed by atoms with Gasteiger partial charge >= 0.3 is 0 Å². The third-order valence-corrected chi connectivity index (χ3v) is 4.63. The number of pyridine rings is 1. The first-order chi connectivity index (χ1) is 14.2. The molecule has 0 radical (unpaired) electrons. The monoisotopic (exact) mass is 516 g/mol. The number of imidazole rings is 1. The van der Waals surface area contributed by atoms with Crippen molar-refractivity contribution < 1.29 is 4.42 Å². The summed E-state index contributed by atoms with van der Waals surface area (Å²) in [5.74, 6) is 1.33. The number of rotatable bonds is 6. The van der Waals surface area contributed by atoms with Crippen LogP contribution in [0.4, 0.5) is 0 Å². The molecule has 0 aliphatic rings. The van der Waals surface area contributed by atoms with Gasteiger partial charge in [-0.25, -0.2) is 9.97 Å². The van der Waals surface area contributed by atoms with E-state index in [9.17, 15) is 0 Å². The second-order valence-corrected chi connectivity index (χ2v) is 6.77. The molecule has 0 atom stereocenters. The average Bonchev–Trinajstić information content (AvgIpc) is 3.39. The summed E-state index contributed by atoms with van der Waals surface area (Å²) in [5.41, 5.74) is 5.01. The quantitative estimate of drug-likeness (QED) is 0.232. The molecule has 3 heterocycles. The molecular formula is C22H25IN6O. The van der Waals surface area contributed by atoms with Crippen LogP contribution in [0.3, 0.4) is 0 Å². The van der Waals surface area contributed by atoms with Crippen molar-refractivity contribution in [3.05, 3.63) is 78.1 Å². The predicted molar refractivity (Wildman–Crippen MR) is 129 cm³/mol. The minimum atomic E-state index is 0. The molecule has 1 aromatic carbocycles. The Kier molecular flexibility index (Phi) is 7.45. The largest absolute Gasteiger partial charge is 0.444 e. The van der Waals surface area contributed by atoms with E-state index in [1.165, 1.54) is 5.56 Å². The Morgan fingerprint density at radius 2 is 1.90 bits per heavy atom. The van der Waals surface area contributed by atoms with E-state index in [1.807, 2.05) is 42.6 Å². The Labute approximate surface area is 192 Å². The summed E-state index contributed by atoms with van der Waals surface area (Å²) >= 11 is 0. The van der Waals surface area contributed by atoms with Gasteiger partial charge in [0.15, 0.2) is 5.96 Å². The Bertz CT molecular complexity index is 1120. The minimum absolute atomic E-state index is 0. The highest BCUT2D eigenvalue weighted by Gasteiger charge is 2.08. The van der Waals surface area contributed by atoms with E-state index in [2.05, 4.69) is 44.2 Å². The fraction of sp³-hybridized carbons (Fsp3) is 0.227. The molecule has 2 N–H and O–H groups in total. The van der Waals surface area contributed by atoms with Crippen LogP contribution in [0.25, 0.3) is 17.1 Å². The van der Waals surface area contributed by atoms with Crippen LogP contribution >= 0.6 is 24.0 Å². The van der Waals surface area contributed by atoms with Crippen molar-refractivity contribution in [1.82, 2.24) is 25.0 Å². The lowest BCUT2D eigenvalue weighted by Crippen LogP contribution is -2.37. The lowest BCUT2D eigenvalue weighted by atomic mass is 10.2. The van der Waals surface area contributed by atoms with E-state index in [0.29, 0.717) is 18.4 Å². The first-order valence-corrected chi connectivity index (χ1v) is 9.60. The summed E-state index contributed by atoms with van der Waals surface area (Å²) in [6, 6.07) is 14.0. The van der Waals surface area contributed by atoms with Crippen molar-refractivity contribution in [2.24, 2.45) is 4.99 Å². The second-order valence-electron chi connectivity index (χ2n) is 6.77. The number of nitrogens with zero attached hydrogens (tertiary/aromatic N) is 4. The highest BCUT2D eigenvalue weighted by Crippen LogP contribution is 2.17. The summed E-state index contributed by atoms with van der Waals surface area (Å²) in [5, 5.41) is 6.58. The number of halogens is 1. The maximum Gasteiger partial charge on any atom is 0.226 e. The standard InChI is InChI=1S/C22H24N6O.HI/c1-16-7-6-12-28-14-18(26-20(16)28)10-11-24-22(23-2)25-13-19-15-29-21(27-19)17-8-4-3-5-9-17;/h3-9,12,14-15H,10-11,13H2,1-2H3,(H2,23,24,25);1H. The minimum Gasteiger partial charge on any atom is -0.444 e. The van der Waals surface area contributed by atoms with Gasteiger partial charge < -0.3 is 19.5 Å². The van der Waals surface area contributed by atoms with Gasteiger partial charge in [-0.3, -0.25) is 4.99 Å². The molecule has 0 fully saturated rings. The van der Waals surface area contributed by atoms with E-state index < -0.39 is 0 Å². The van der Waals surface area contributed by atoms with Gasteiger partial charge in [-0.05, 0) is 30.7 Å². The number of benzene rings is 1. The summed E-state index contributed by atoms with van der Waals surface area (Å²) in [4.78, 5) is 13.5. The van der Waals surface area contributed by atoms with E-state index in [1.54, 1.807) is 13.3 Å². The van der Waals surface area contributed by atoms with Crippen LogP contribution in [0, 0.1) is 6.92 Å². The van der Waals surface area contributed by atoms with Crippen molar-refractivity contribution in [2.75, 3.05) is 13.6 Å². The van der Waals surface area contributed by atoms with E-state index >= 15 is 0 Å².